The highest BCUT2D eigenvalue weighted by atomic mass is 19.4. The molecule has 9 nitrogen and oxygen atoms in total. The summed E-state index contributed by atoms with van der Waals surface area (Å²) in [7, 11) is 1.88. The van der Waals surface area contributed by atoms with E-state index in [0.717, 1.165) is 23.4 Å². The van der Waals surface area contributed by atoms with Crippen LogP contribution in [0, 0.1) is 5.82 Å². The van der Waals surface area contributed by atoms with Crippen LogP contribution in [0.3, 0.4) is 0 Å². The van der Waals surface area contributed by atoms with Crippen molar-refractivity contribution in [3.05, 3.63) is 71.1 Å². The number of aromatic nitrogens is 4. The number of carbonyl (C=O) groups is 2. The molecule has 0 saturated carbocycles. The van der Waals surface area contributed by atoms with Crippen molar-refractivity contribution in [2.75, 3.05) is 11.9 Å². The lowest BCUT2D eigenvalue weighted by Gasteiger charge is -2.27. The molecule has 2 aromatic heterocycles. The largest absolute Gasteiger partial charge is 0.490 e. The Bertz CT molecular complexity index is 1150. The second-order valence-electron chi connectivity index (χ2n) is 7.21. The number of alkyl halides is 3. The van der Waals surface area contributed by atoms with Gasteiger partial charge in [0.1, 0.15) is 5.82 Å². The molecular formula is C21H20F4N6O3. The van der Waals surface area contributed by atoms with E-state index in [1.807, 2.05) is 11.7 Å². The van der Waals surface area contributed by atoms with E-state index in [0.29, 0.717) is 31.1 Å². The number of carbonyl (C=O) groups excluding carboxylic acids is 1. The zero-order valence-corrected chi connectivity index (χ0v) is 17.9. The van der Waals surface area contributed by atoms with Crippen LogP contribution in [0.25, 0.3) is 0 Å². The minimum absolute atomic E-state index is 0.0980. The SMILES string of the molecule is Cn1nc(CNc2ncccn2)c2c1CN(C(=O)c1ccc(F)cc1)CC2.O=C(O)C(F)(F)F. The van der Waals surface area contributed by atoms with Crippen molar-refractivity contribution in [3.8, 4) is 0 Å². The summed E-state index contributed by atoms with van der Waals surface area (Å²) in [6.07, 6.45) is -0.993. The van der Waals surface area contributed by atoms with Gasteiger partial charge in [-0.3, -0.25) is 9.48 Å². The summed E-state index contributed by atoms with van der Waals surface area (Å²) in [6.45, 7) is 1.61. The molecule has 0 aliphatic carbocycles. The molecule has 0 atom stereocenters. The number of amides is 1. The highest BCUT2D eigenvalue weighted by Crippen LogP contribution is 2.24. The number of aryl methyl sites for hydroxylation is 1. The lowest BCUT2D eigenvalue weighted by Crippen LogP contribution is -2.36. The Morgan fingerprint density at radius 2 is 1.76 bits per heavy atom. The van der Waals surface area contributed by atoms with Crippen molar-refractivity contribution in [2.45, 2.75) is 25.7 Å². The number of carboxylic acid groups (broad SMARTS) is 1. The van der Waals surface area contributed by atoms with E-state index in [2.05, 4.69) is 20.4 Å². The van der Waals surface area contributed by atoms with Crippen LogP contribution < -0.4 is 5.32 Å². The van der Waals surface area contributed by atoms with Gasteiger partial charge in [0, 0.05) is 37.1 Å². The fraction of sp³-hybridized carbons (Fsp3) is 0.286. The number of nitrogens with one attached hydrogen (secondary N) is 1. The van der Waals surface area contributed by atoms with Crippen molar-refractivity contribution in [2.24, 2.45) is 7.05 Å². The van der Waals surface area contributed by atoms with Crippen LogP contribution in [-0.2, 0) is 31.4 Å². The molecule has 0 radical (unpaired) electrons. The van der Waals surface area contributed by atoms with Crippen molar-refractivity contribution < 1.29 is 32.3 Å². The van der Waals surface area contributed by atoms with Gasteiger partial charge in [0.2, 0.25) is 5.95 Å². The molecule has 0 spiro atoms. The van der Waals surface area contributed by atoms with Gasteiger partial charge in [-0.15, -0.1) is 0 Å². The van der Waals surface area contributed by atoms with Gasteiger partial charge < -0.3 is 15.3 Å². The van der Waals surface area contributed by atoms with Crippen LogP contribution in [0.4, 0.5) is 23.5 Å². The summed E-state index contributed by atoms with van der Waals surface area (Å²) in [4.78, 5) is 31.7. The number of halogens is 4. The minimum Gasteiger partial charge on any atom is -0.475 e. The molecular weight excluding hydrogens is 460 g/mol. The molecule has 1 aliphatic heterocycles. The van der Waals surface area contributed by atoms with Crippen molar-refractivity contribution in [1.29, 1.82) is 0 Å². The Kier molecular flexibility index (Phi) is 7.44. The Hall–Kier alpha value is -4.03. The fourth-order valence-corrected chi connectivity index (χ4v) is 3.30. The first-order valence-electron chi connectivity index (χ1n) is 9.95. The number of hydrogen-bond acceptors (Lipinski definition) is 6. The Morgan fingerprint density at radius 1 is 1.15 bits per heavy atom. The zero-order valence-electron chi connectivity index (χ0n) is 17.9. The van der Waals surface area contributed by atoms with Crippen molar-refractivity contribution in [3.63, 3.8) is 0 Å². The van der Waals surface area contributed by atoms with E-state index in [-0.39, 0.29) is 11.7 Å². The first kappa shape index (κ1) is 24.6. The van der Waals surface area contributed by atoms with Crippen LogP contribution >= 0.6 is 0 Å². The summed E-state index contributed by atoms with van der Waals surface area (Å²) < 4.78 is 46.6. The third-order valence-electron chi connectivity index (χ3n) is 4.93. The second kappa shape index (κ2) is 10.3. The number of hydrogen-bond donors (Lipinski definition) is 2. The number of benzene rings is 1. The van der Waals surface area contributed by atoms with E-state index in [9.17, 15) is 22.4 Å². The van der Waals surface area contributed by atoms with Crippen LogP contribution in [0.2, 0.25) is 0 Å². The maximum atomic E-state index is 13.1. The van der Waals surface area contributed by atoms with Gasteiger partial charge in [0.05, 0.1) is 24.5 Å². The van der Waals surface area contributed by atoms with Crippen molar-refractivity contribution in [1.82, 2.24) is 24.6 Å². The molecule has 1 aromatic carbocycles. The summed E-state index contributed by atoms with van der Waals surface area (Å²) >= 11 is 0. The molecule has 0 bridgehead atoms. The van der Waals surface area contributed by atoms with E-state index in [4.69, 9.17) is 9.90 Å². The van der Waals surface area contributed by atoms with E-state index in [1.165, 1.54) is 24.3 Å². The second-order valence-corrected chi connectivity index (χ2v) is 7.21. The highest BCUT2D eigenvalue weighted by molar-refractivity contribution is 5.94. The molecule has 4 rings (SSSR count). The average molecular weight is 480 g/mol. The lowest BCUT2D eigenvalue weighted by atomic mass is 10.0. The normalized spacial score (nSPS) is 12.9. The molecule has 0 fully saturated rings. The highest BCUT2D eigenvalue weighted by Gasteiger charge is 2.38. The lowest BCUT2D eigenvalue weighted by molar-refractivity contribution is -0.192. The molecule has 2 N–H and O–H groups in total. The predicted octanol–water partition coefficient (Wildman–Crippen LogP) is 2.79. The monoisotopic (exact) mass is 480 g/mol. The predicted molar refractivity (Wildman–Crippen MR) is 111 cm³/mol. The third kappa shape index (κ3) is 6.05. The Labute approximate surface area is 191 Å². The van der Waals surface area contributed by atoms with Crippen LogP contribution in [0.5, 0.6) is 0 Å². The zero-order chi connectivity index (χ0) is 24.9. The first-order valence-corrected chi connectivity index (χ1v) is 9.95. The molecule has 0 unspecified atom stereocenters. The number of fused-ring (bicyclic) bond motifs is 1. The molecule has 3 heterocycles. The summed E-state index contributed by atoms with van der Waals surface area (Å²) in [5, 5.41) is 14.9. The van der Waals surface area contributed by atoms with Gasteiger partial charge in [-0.05, 0) is 36.8 Å². The first-order chi connectivity index (χ1) is 16.1. The Balaban J connectivity index is 0.000000406. The summed E-state index contributed by atoms with van der Waals surface area (Å²) in [6, 6.07) is 7.42. The molecule has 13 heteroatoms. The van der Waals surface area contributed by atoms with Gasteiger partial charge in [0.15, 0.2) is 0 Å². The van der Waals surface area contributed by atoms with Gasteiger partial charge in [-0.1, -0.05) is 0 Å². The quantitative estimate of drug-likeness (QED) is 0.552. The average Bonchev–Trinajstić information content (AvgIpc) is 3.13. The van der Waals surface area contributed by atoms with Crippen LogP contribution in [0.15, 0.2) is 42.7 Å². The maximum Gasteiger partial charge on any atom is 0.490 e. The third-order valence-corrected chi connectivity index (χ3v) is 4.93. The number of anilines is 1. The van der Waals surface area contributed by atoms with E-state index >= 15 is 0 Å². The smallest absolute Gasteiger partial charge is 0.475 e. The van der Waals surface area contributed by atoms with E-state index in [1.54, 1.807) is 23.4 Å². The Morgan fingerprint density at radius 3 is 2.35 bits per heavy atom. The van der Waals surface area contributed by atoms with Gasteiger partial charge in [0.25, 0.3) is 5.91 Å². The van der Waals surface area contributed by atoms with Crippen molar-refractivity contribution >= 4 is 17.8 Å². The molecule has 1 amide bonds. The standard InChI is InChI=1S/C19H19FN6O.C2HF3O2/c1-25-17-12-26(18(27)13-3-5-14(20)6-4-13)10-7-15(17)16(24-25)11-23-19-21-8-2-9-22-19;3-2(4,5)1(6)7/h2-6,8-9H,7,10-12H2,1H3,(H,21,22,23);(H,6,7). The molecule has 3 aromatic rings. The number of carboxylic acids is 1. The number of nitrogens with zero attached hydrogens (tertiary/aromatic N) is 5. The summed E-state index contributed by atoms with van der Waals surface area (Å²) in [5.41, 5.74) is 3.60. The molecule has 0 saturated heterocycles. The molecule has 1 aliphatic rings. The molecule has 34 heavy (non-hydrogen) atoms. The van der Waals surface area contributed by atoms with Crippen LogP contribution in [-0.4, -0.2) is 54.4 Å². The van der Waals surface area contributed by atoms with Gasteiger partial charge >= 0.3 is 12.1 Å². The number of aliphatic carboxylic acids is 1. The van der Waals surface area contributed by atoms with Gasteiger partial charge in [-0.25, -0.2) is 19.2 Å². The summed E-state index contributed by atoms with van der Waals surface area (Å²) in [5.74, 6) is -2.65. The minimum atomic E-state index is -5.08. The maximum absolute atomic E-state index is 13.1. The van der Waals surface area contributed by atoms with E-state index < -0.39 is 12.1 Å². The fourth-order valence-electron chi connectivity index (χ4n) is 3.30. The van der Waals surface area contributed by atoms with Gasteiger partial charge in [-0.2, -0.15) is 18.3 Å². The topological polar surface area (TPSA) is 113 Å². The van der Waals surface area contributed by atoms with Crippen LogP contribution in [0.1, 0.15) is 27.3 Å². The number of rotatable bonds is 4. The molecule has 180 valence electrons.